The van der Waals surface area contributed by atoms with E-state index in [1.165, 1.54) is 29.4 Å². The summed E-state index contributed by atoms with van der Waals surface area (Å²) in [7, 11) is 0. The molecule has 7 nitrogen and oxygen atoms in total. The smallest absolute Gasteiger partial charge is 0.310 e. The van der Waals surface area contributed by atoms with Gasteiger partial charge in [-0.3, -0.25) is 10.1 Å². The minimum atomic E-state index is -0.461. The van der Waals surface area contributed by atoms with Gasteiger partial charge in [-0.1, -0.05) is 52.9 Å². The Hall–Kier alpha value is -3.04. The first-order chi connectivity index (χ1) is 13.5. The molecule has 0 bridgehead atoms. The molecule has 0 saturated heterocycles. The van der Waals surface area contributed by atoms with E-state index >= 15 is 0 Å². The Morgan fingerprint density at radius 1 is 1.11 bits per heavy atom. The first-order valence-electron chi connectivity index (χ1n) is 8.38. The van der Waals surface area contributed by atoms with E-state index in [9.17, 15) is 10.1 Å². The molecule has 4 aromatic rings. The molecular formula is C19H15N5O2S2. The van der Waals surface area contributed by atoms with Gasteiger partial charge in [0.25, 0.3) is 0 Å². The standard InChI is InChI=1S/C19H15N5O2S2/c1-11-6-8-13(9-7-11)27-18-16(24(25)26)17(20-10-21-18)23-19-22-15-12(2)4-3-5-14(15)28-19/h3-10H,1-2H3,(H,20,21,22,23). The predicted octanol–water partition coefficient (Wildman–Crippen LogP) is 5.51. The average molecular weight is 409 g/mol. The second-order valence-electron chi connectivity index (χ2n) is 6.11. The summed E-state index contributed by atoms with van der Waals surface area (Å²) in [5.41, 5.74) is 2.88. The van der Waals surface area contributed by atoms with Crippen LogP contribution >= 0.6 is 23.1 Å². The number of hydrogen-bond donors (Lipinski definition) is 1. The van der Waals surface area contributed by atoms with E-state index in [4.69, 9.17) is 0 Å². The SMILES string of the molecule is Cc1ccc(Sc2ncnc(Nc3nc4c(C)cccc4s3)c2[N+](=O)[O-])cc1. The lowest BCUT2D eigenvalue weighted by Crippen LogP contribution is -2.02. The Bertz CT molecular complexity index is 1170. The first kappa shape index (κ1) is 18.3. The van der Waals surface area contributed by atoms with Crippen molar-refractivity contribution < 1.29 is 4.92 Å². The molecule has 0 saturated carbocycles. The molecule has 9 heteroatoms. The van der Waals surface area contributed by atoms with Gasteiger partial charge in [0, 0.05) is 4.90 Å². The van der Waals surface area contributed by atoms with Gasteiger partial charge in [-0.15, -0.1) is 0 Å². The van der Waals surface area contributed by atoms with Gasteiger partial charge in [-0.2, -0.15) is 0 Å². The molecule has 0 radical (unpaired) electrons. The minimum Gasteiger partial charge on any atom is -0.310 e. The largest absolute Gasteiger partial charge is 0.344 e. The molecule has 1 N–H and O–H groups in total. The fourth-order valence-corrected chi connectivity index (χ4v) is 4.46. The fraction of sp³-hybridized carbons (Fsp3) is 0.105. The molecule has 0 unspecified atom stereocenters. The molecule has 28 heavy (non-hydrogen) atoms. The number of anilines is 2. The maximum Gasteiger partial charge on any atom is 0.344 e. The fourth-order valence-electron chi connectivity index (χ4n) is 2.65. The van der Waals surface area contributed by atoms with Crippen LogP contribution in [0.2, 0.25) is 0 Å². The van der Waals surface area contributed by atoms with Crippen molar-refractivity contribution in [2.24, 2.45) is 0 Å². The van der Waals surface area contributed by atoms with E-state index in [1.807, 2.05) is 56.3 Å². The molecule has 140 valence electrons. The van der Waals surface area contributed by atoms with Gasteiger partial charge < -0.3 is 5.32 Å². The number of fused-ring (bicyclic) bond motifs is 1. The first-order valence-corrected chi connectivity index (χ1v) is 10.0. The molecule has 2 aromatic carbocycles. The summed E-state index contributed by atoms with van der Waals surface area (Å²) in [6.07, 6.45) is 1.32. The van der Waals surface area contributed by atoms with Crippen LogP contribution in [0.4, 0.5) is 16.6 Å². The van der Waals surface area contributed by atoms with Crippen LogP contribution in [0, 0.1) is 24.0 Å². The maximum absolute atomic E-state index is 11.8. The second kappa shape index (κ2) is 7.53. The number of nitrogens with zero attached hydrogens (tertiary/aromatic N) is 4. The number of aromatic nitrogens is 3. The summed E-state index contributed by atoms with van der Waals surface area (Å²) in [5, 5.41) is 15.6. The number of hydrogen-bond acceptors (Lipinski definition) is 8. The van der Waals surface area contributed by atoms with E-state index < -0.39 is 4.92 Å². The van der Waals surface area contributed by atoms with E-state index in [0.29, 0.717) is 5.13 Å². The maximum atomic E-state index is 11.8. The van der Waals surface area contributed by atoms with Crippen LogP contribution in [0.3, 0.4) is 0 Å². The van der Waals surface area contributed by atoms with E-state index in [-0.39, 0.29) is 16.5 Å². The van der Waals surface area contributed by atoms with Crippen molar-refractivity contribution in [1.82, 2.24) is 15.0 Å². The lowest BCUT2D eigenvalue weighted by molar-refractivity contribution is -0.387. The highest BCUT2D eigenvalue weighted by atomic mass is 32.2. The quantitative estimate of drug-likeness (QED) is 0.264. The topological polar surface area (TPSA) is 93.8 Å². The summed E-state index contributed by atoms with van der Waals surface area (Å²) in [4.78, 5) is 24.9. The molecular weight excluding hydrogens is 394 g/mol. The highest BCUT2D eigenvalue weighted by Gasteiger charge is 2.24. The number of thiazole rings is 1. The predicted molar refractivity (Wildman–Crippen MR) is 112 cm³/mol. The van der Waals surface area contributed by atoms with Gasteiger partial charge in [0.1, 0.15) is 6.33 Å². The van der Waals surface area contributed by atoms with Gasteiger partial charge in [-0.05, 0) is 37.6 Å². The number of benzene rings is 2. The Morgan fingerprint density at radius 2 is 1.89 bits per heavy atom. The zero-order chi connectivity index (χ0) is 19.7. The van der Waals surface area contributed by atoms with Crippen molar-refractivity contribution in [1.29, 1.82) is 0 Å². The Morgan fingerprint density at radius 3 is 2.61 bits per heavy atom. The summed E-state index contributed by atoms with van der Waals surface area (Å²) in [6.45, 7) is 3.97. The molecule has 0 spiro atoms. The van der Waals surface area contributed by atoms with Crippen LogP contribution in [0.25, 0.3) is 10.2 Å². The van der Waals surface area contributed by atoms with Crippen LogP contribution in [-0.4, -0.2) is 19.9 Å². The number of rotatable bonds is 5. The number of nitro groups is 1. The normalized spacial score (nSPS) is 10.9. The van der Waals surface area contributed by atoms with Crippen molar-refractivity contribution in [3.63, 3.8) is 0 Å². The highest BCUT2D eigenvalue weighted by molar-refractivity contribution is 7.99. The second-order valence-corrected chi connectivity index (χ2v) is 8.21. The van der Waals surface area contributed by atoms with E-state index in [0.717, 1.165) is 26.2 Å². The Labute approximate surface area is 169 Å². The summed E-state index contributed by atoms with van der Waals surface area (Å²) in [6, 6.07) is 13.6. The zero-order valence-electron chi connectivity index (χ0n) is 15.0. The van der Waals surface area contributed by atoms with E-state index in [2.05, 4.69) is 20.3 Å². The molecule has 0 aliphatic heterocycles. The van der Waals surface area contributed by atoms with Crippen LogP contribution in [-0.2, 0) is 0 Å². The Balaban J connectivity index is 1.71. The third kappa shape index (κ3) is 3.67. The molecule has 0 aliphatic carbocycles. The molecule has 0 atom stereocenters. The van der Waals surface area contributed by atoms with Crippen LogP contribution in [0.15, 0.2) is 58.7 Å². The number of aryl methyl sites for hydroxylation is 2. The lowest BCUT2D eigenvalue weighted by atomic mass is 10.2. The third-order valence-corrected chi connectivity index (χ3v) is 5.99. The van der Waals surface area contributed by atoms with Gasteiger partial charge >= 0.3 is 5.69 Å². The van der Waals surface area contributed by atoms with Crippen LogP contribution in [0.1, 0.15) is 11.1 Å². The van der Waals surface area contributed by atoms with Crippen molar-refractivity contribution in [3.05, 3.63) is 70.0 Å². The van der Waals surface area contributed by atoms with Crippen molar-refractivity contribution >= 4 is 50.0 Å². The van der Waals surface area contributed by atoms with Crippen LogP contribution < -0.4 is 5.32 Å². The van der Waals surface area contributed by atoms with Crippen molar-refractivity contribution in [2.45, 2.75) is 23.8 Å². The highest BCUT2D eigenvalue weighted by Crippen LogP contribution is 2.38. The van der Waals surface area contributed by atoms with Gasteiger partial charge in [0.2, 0.25) is 5.82 Å². The third-order valence-electron chi connectivity index (χ3n) is 4.05. The van der Waals surface area contributed by atoms with Gasteiger partial charge in [0.15, 0.2) is 10.2 Å². The van der Waals surface area contributed by atoms with E-state index in [1.54, 1.807) is 0 Å². The van der Waals surface area contributed by atoms with Crippen LogP contribution in [0.5, 0.6) is 0 Å². The summed E-state index contributed by atoms with van der Waals surface area (Å²) in [5.74, 6) is 0.131. The lowest BCUT2D eigenvalue weighted by Gasteiger charge is -2.06. The average Bonchev–Trinajstić information content (AvgIpc) is 3.07. The van der Waals surface area contributed by atoms with Gasteiger partial charge in [0.05, 0.1) is 15.1 Å². The summed E-state index contributed by atoms with van der Waals surface area (Å²) >= 11 is 2.66. The molecule has 0 aliphatic rings. The molecule has 0 fully saturated rings. The molecule has 0 amide bonds. The molecule has 4 rings (SSSR count). The Kier molecular flexibility index (Phi) is 4.93. The molecule has 2 aromatic heterocycles. The molecule has 2 heterocycles. The van der Waals surface area contributed by atoms with Crippen molar-refractivity contribution in [3.8, 4) is 0 Å². The minimum absolute atomic E-state index is 0.131. The zero-order valence-corrected chi connectivity index (χ0v) is 16.7. The van der Waals surface area contributed by atoms with Gasteiger partial charge in [-0.25, -0.2) is 15.0 Å². The number of nitrogens with one attached hydrogen (secondary N) is 1. The van der Waals surface area contributed by atoms with Crippen molar-refractivity contribution in [2.75, 3.05) is 5.32 Å². The monoisotopic (exact) mass is 409 g/mol. The summed E-state index contributed by atoms with van der Waals surface area (Å²) < 4.78 is 1.01. The number of para-hydroxylation sites is 1.